The number of nitrogens with zero attached hydrogens (tertiary/aromatic N) is 4. The molecule has 0 saturated heterocycles. The molecule has 1 aromatic carbocycles. The number of hydrogen-bond acceptors (Lipinski definition) is 4. The highest BCUT2D eigenvalue weighted by molar-refractivity contribution is 5.57. The first-order valence-electron chi connectivity index (χ1n) is 6.94. The SMILES string of the molecule is CC(C)Cn1ncnc1CNc1cccc(N(C)C)c1. The fourth-order valence-corrected chi connectivity index (χ4v) is 2.00. The molecule has 0 saturated carbocycles. The maximum absolute atomic E-state index is 4.32. The molecule has 1 aromatic heterocycles. The second kappa shape index (κ2) is 6.41. The lowest BCUT2D eigenvalue weighted by molar-refractivity contribution is 0.468. The molecule has 0 amide bonds. The number of rotatable bonds is 6. The number of benzene rings is 1. The summed E-state index contributed by atoms with van der Waals surface area (Å²) >= 11 is 0. The van der Waals surface area contributed by atoms with E-state index in [-0.39, 0.29) is 0 Å². The fraction of sp³-hybridized carbons (Fsp3) is 0.467. The molecule has 2 rings (SSSR count). The van der Waals surface area contributed by atoms with E-state index in [0.717, 1.165) is 18.1 Å². The summed E-state index contributed by atoms with van der Waals surface area (Å²) in [6.45, 7) is 5.94. The van der Waals surface area contributed by atoms with Gasteiger partial charge in [-0.25, -0.2) is 9.67 Å². The van der Waals surface area contributed by atoms with Crippen LogP contribution in [0.15, 0.2) is 30.6 Å². The van der Waals surface area contributed by atoms with Crippen molar-refractivity contribution in [2.45, 2.75) is 26.9 Å². The van der Waals surface area contributed by atoms with E-state index in [4.69, 9.17) is 0 Å². The van der Waals surface area contributed by atoms with Crippen molar-refractivity contribution in [3.05, 3.63) is 36.4 Å². The number of anilines is 2. The van der Waals surface area contributed by atoms with E-state index in [1.54, 1.807) is 6.33 Å². The van der Waals surface area contributed by atoms with Crippen molar-refractivity contribution >= 4 is 11.4 Å². The van der Waals surface area contributed by atoms with Crippen LogP contribution in [-0.4, -0.2) is 28.9 Å². The van der Waals surface area contributed by atoms with Gasteiger partial charge in [-0.3, -0.25) is 0 Å². The quantitative estimate of drug-likeness (QED) is 0.879. The van der Waals surface area contributed by atoms with Crippen LogP contribution in [0.2, 0.25) is 0 Å². The molecule has 1 N–H and O–H groups in total. The predicted octanol–water partition coefficient (Wildman–Crippen LogP) is 2.61. The molecule has 0 unspecified atom stereocenters. The number of aromatic nitrogens is 3. The summed E-state index contributed by atoms with van der Waals surface area (Å²) in [7, 11) is 4.08. The standard InChI is InChI=1S/C15H23N5/c1-12(2)10-20-15(17-11-18-20)9-16-13-6-5-7-14(8-13)19(3)4/h5-8,11-12,16H,9-10H2,1-4H3. The van der Waals surface area contributed by atoms with E-state index >= 15 is 0 Å². The van der Waals surface area contributed by atoms with Crippen molar-refractivity contribution in [3.8, 4) is 0 Å². The summed E-state index contributed by atoms with van der Waals surface area (Å²) in [6.07, 6.45) is 1.62. The van der Waals surface area contributed by atoms with Crippen molar-refractivity contribution in [3.63, 3.8) is 0 Å². The van der Waals surface area contributed by atoms with Crippen LogP contribution in [0.1, 0.15) is 19.7 Å². The minimum Gasteiger partial charge on any atom is -0.378 e. The largest absolute Gasteiger partial charge is 0.378 e. The van der Waals surface area contributed by atoms with Gasteiger partial charge in [0, 0.05) is 32.0 Å². The van der Waals surface area contributed by atoms with E-state index < -0.39 is 0 Å². The Labute approximate surface area is 120 Å². The van der Waals surface area contributed by atoms with Crippen LogP contribution in [-0.2, 0) is 13.1 Å². The molecular weight excluding hydrogens is 250 g/mol. The monoisotopic (exact) mass is 273 g/mol. The van der Waals surface area contributed by atoms with E-state index in [1.165, 1.54) is 5.69 Å². The lowest BCUT2D eigenvalue weighted by Crippen LogP contribution is -2.13. The molecule has 0 bridgehead atoms. The highest BCUT2D eigenvalue weighted by Crippen LogP contribution is 2.17. The smallest absolute Gasteiger partial charge is 0.146 e. The van der Waals surface area contributed by atoms with Gasteiger partial charge in [0.15, 0.2) is 0 Å². The summed E-state index contributed by atoms with van der Waals surface area (Å²) in [5.41, 5.74) is 2.27. The molecule has 20 heavy (non-hydrogen) atoms. The third-order valence-electron chi connectivity index (χ3n) is 3.05. The minimum atomic E-state index is 0.563. The van der Waals surface area contributed by atoms with Gasteiger partial charge in [-0.05, 0) is 24.1 Å². The minimum absolute atomic E-state index is 0.563. The fourth-order valence-electron chi connectivity index (χ4n) is 2.00. The molecule has 1 heterocycles. The van der Waals surface area contributed by atoms with Crippen molar-refractivity contribution in [1.29, 1.82) is 0 Å². The Bertz CT molecular complexity index is 545. The van der Waals surface area contributed by atoms with Crippen molar-refractivity contribution in [2.24, 2.45) is 5.92 Å². The first-order chi connectivity index (χ1) is 9.56. The molecule has 0 radical (unpaired) electrons. The molecule has 5 heteroatoms. The molecule has 0 fully saturated rings. The van der Waals surface area contributed by atoms with Crippen molar-refractivity contribution in [1.82, 2.24) is 14.8 Å². The molecular formula is C15H23N5. The lowest BCUT2D eigenvalue weighted by Gasteiger charge is -2.14. The zero-order valence-electron chi connectivity index (χ0n) is 12.7. The first kappa shape index (κ1) is 14.4. The lowest BCUT2D eigenvalue weighted by atomic mass is 10.2. The zero-order chi connectivity index (χ0) is 14.5. The second-order valence-corrected chi connectivity index (χ2v) is 5.55. The second-order valence-electron chi connectivity index (χ2n) is 5.55. The highest BCUT2D eigenvalue weighted by atomic mass is 15.3. The van der Waals surface area contributed by atoms with Gasteiger partial charge in [-0.2, -0.15) is 5.10 Å². The molecule has 0 aliphatic carbocycles. The van der Waals surface area contributed by atoms with Gasteiger partial charge >= 0.3 is 0 Å². The van der Waals surface area contributed by atoms with E-state index in [9.17, 15) is 0 Å². The Morgan fingerprint density at radius 2 is 2.10 bits per heavy atom. The molecule has 5 nitrogen and oxygen atoms in total. The Morgan fingerprint density at radius 3 is 2.80 bits per heavy atom. The normalized spacial score (nSPS) is 10.8. The number of hydrogen-bond donors (Lipinski definition) is 1. The van der Waals surface area contributed by atoms with Gasteiger partial charge in [0.1, 0.15) is 12.2 Å². The van der Waals surface area contributed by atoms with Gasteiger partial charge in [0.25, 0.3) is 0 Å². The van der Waals surface area contributed by atoms with Crippen LogP contribution in [0.25, 0.3) is 0 Å². The van der Waals surface area contributed by atoms with Crippen LogP contribution in [0.5, 0.6) is 0 Å². The third-order valence-corrected chi connectivity index (χ3v) is 3.05. The number of nitrogens with one attached hydrogen (secondary N) is 1. The van der Waals surface area contributed by atoms with Gasteiger partial charge in [-0.15, -0.1) is 0 Å². The Kier molecular flexibility index (Phi) is 4.61. The average Bonchev–Trinajstić information content (AvgIpc) is 2.83. The molecule has 108 valence electrons. The van der Waals surface area contributed by atoms with Gasteiger partial charge in [0.05, 0.1) is 6.54 Å². The molecule has 2 aromatic rings. The van der Waals surface area contributed by atoms with Crippen LogP contribution in [0, 0.1) is 5.92 Å². The summed E-state index contributed by atoms with van der Waals surface area (Å²) < 4.78 is 1.97. The highest BCUT2D eigenvalue weighted by Gasteiger charge is 2.06. The van der Waals surface area contributed by atoms with Crippen molar-refractivity contribution < 1.29 is 0 Å². The topological polar surface area (TPSA) is 46.0 Å². The van der Waals surface area contributed by atoms with Gasteiger partial charge in [0.2, 0.25) is 0 Å². The Hall–Kier alpha value is -2.04. The molecule has 0 spiro atoms. The summed E-state index contributed by atoms with van der Waals surface area (Å²) in [4.78, 5) is 6.41. The molecule has 0 aliphatic heterocycles. The first-order valence-corrected chi connectivity index (χ1v) is 6.94. The summed E-state index contributed by atoms with van der Waals surface area (Å²) in [5, 5.41) is 7.68. The maximum atomic E-state index is 4.32. The summed E-state index contributed by atoms with van der Waals surface area (Å²) in [5.74, 6) is 1.53. The average molecular weight is 273 g/mol. The third kappa shape index (κ3) is 3.73. The Balaban J connectivity index is 2.02. The predicted molar refractivity (Wildman–Crippen MR) is 83.0 cm³/mol. The Morgan fingerprint density at radius 1 is 1.30 bits per heavy atom. The maximum Gasteiger partial charge on any atom is 0.146 e. The van der Waals surface area contributed by atoms with Crippen LogP contribution < -0.4 is 10.2 Å². The van der Waals surface area contributed by atoms with Gasteiger partial charge < -0.3 is 10.2 Å². The van der Waals surface area contributed by atoms with Gasteiger partial charge in [-0.1, -0.05) is 19.9 Å². The van der Waals surface area contributed by atoms with E-state index in [0.29, 0.717) is 12.5 Å². The van der Waals surface area contributed by atoms with E-state index in [1.807, 2.05) is 18.8 Å². The zero-order valence-corrected chi connectivity index (χ0v) is 12.7. The van der Waals surface area contributed by atoms with Crippen LogP contribution in [0.3, 0.4) is 0 Å². The van der Waals surface area contributed by atoms with Crippen molar-refractivity contribution in [2.75, 3.05) is 24.3 Å². The summed E-state index contributed by atoms with van der Waals surface area (Å²) in [6, 6.07) is 8.34. The van der Waals surface area contributed by atoms with Crippen LogP contribution in [0.4, 0.5) is 11.4 Å². The molecule has 0 aliphatic rings. The van der Waals surface area contributed by atoms with E-state index in [2.05, 4.69) is 58.4 Å². The molecule has 0 atom stereocenters. The van der Waals surface area contributed by atoms with Crippen LogP contribution >= 0.6 is 0 Å².